The minimum Gasteiger partial charge on any atom is -0.393 e. The topological polar surface area (TPSA) is 56.6 Å². The van der Waals surface area contributed by atoms with Crippen molar-refractivity contribution in [2.75, 3.05) is 24.6 Å². The molecular weight excluding hydrogens is 384 g/mol. The lowest BCUT2D eigenvalue weighted by Gasteiger charge is -2.47. The second kappa shape index (κ2) is 5.29. The van der Waals surface area contributed by atoms with Gasteiger partial charge < -0.3 is 15.1 Å². The van der Waals surface area contributed by atoms with Gasteiger partial charge in [0.05, 0.1) is 19.7 Å². The zero-order valence-corrected chi connectivity index (χ0v) is 13.1. The van der Waals surface area contributed by atoms with Gasteiger partial charge in [0.15, 0.2) is 5.82 Å². The summed E-state index contributed by atoms with van der Waals surface area (Å²) in [5.41, 5.74) is -2.85. The first-order chi connectivity index (χ1) is 10.6. The standard InChI is InChI=1S/C14H11BrF4N2O2/c15-7-1-8-10(21-4-13(23,5-21)6-22)3-11(14(17,18)19)20-12(8)9(16)2-7/h1-3,22-23H,4-6H2. The highest BCUT2D eigenvalue weighted by molar-refractivity contribution is 9.10. The second-order valence-electron chi connectivity index (χ2n) is 5.55. The number of aromatic nitrogens is 1. The van der Waals surface area contributed by atoms with Crippen molar-refractivity contribution in [1.82, 2.24) is 4.98 Å². The first-order valence-corrected chi connectivity index (χ1v) is 7.37. The molecule has 1 aliphatic rings. The van der Waals surface area contributed by atoms with Gasteiger partial charge in [0.1, 0.15) is 16.8 Å². The molecular formula is C14H11BrF4N2O2. The lowest BCUT2D eigenvalue weighted by atomic mass is 9.93. The number of hydrogen-bond acceptors (Lipinski definition) is 4. The molecule has 1 aromatic carbocycles. The van der Waals surface area contributed by atoms with E-state index in [-0.39, 0.29) is 24.2 Å². The van der Waals surface area contributed by atoms with Gasteiger partial charge in [-0.1, -0.05) is 15.9 Å². The fraction of sp³-hybridized carbons (Fsp3) is 0.357. The van der Waals surface area contributed by atoms with Crippen molar-refractivity contribution in [2.45, 2.75) is 11.8 Å². The van der Waals surface area contributed by atoms with Gasteiger partial charge in [-0.25, -0.2) is 9.37 Å². The summed E-state index contributed by atoms with van der Waals surface area (Å²) in [7, 11) is 0. The Kier molecular flexibility index (Phi) is 3.77. The third-order valence-electron chi connectivity index (χ3n) is 3.71. The van der Waals surface area contributed by atoms with Crippen molar-refractivity contribution in [2.24, 2.45) is 0 Å². The van der Waals surface area contributed by atoms with Crippen LogP contribution in [0.3, 0.4) is 0 Å². The molecule has 0 amide bonds. The lowest BCUT2D eigenvalue weighted by Crippen LogP contribution is -2.64. The molecule has 0 atom stereocenters. The van der Waals surface area contributed by atoms with Crippen molar-refractivity contribution in [3.63, 3.8) is 0 Å². The van der Waals surface area contributed by atoms with Crippen molar-refractivity contribution < 1.29 is 27.8 Å². The smallest absolute Gasteiger partial charge is 0.393 e. The van der Waals surface area contributed by atoms with Crippen molar-refractivity contribution >= 4 is 32.5 Å². The minimum atomic E-state index is -4.72. The quantitative estimate of drug-likeness (QED) is 0.769. The van der Waals surface area contributed by atoms with Crippen molar-refractivity contribution in [3.8, 4) is 0 Å². The van der Waals surface area contributed by atoms with E-state index in [2.05, 4.69) is 20.9 Å². The molecule has 2 aromatic rings. The molecule has 0 saturated carbocycles. The van der Waals surface area contributed by atoms with Crippen LogP contribution in [0.15, 0.2) is 22.7 Å². The Balaban J connectivity index is 2.18. The van der Waals surface area contributed by atoms with Gasteiger partial charge in [0, 0.05) is 15.5 Å². The summed E-state index contributed by atoms with van der Waals surface area (Å²) in [4.78, 5) is 4.83. The van der Waals surface area contributed by atoms with Crippen LogP contribution in [-0.4, -0.2) is 40.5 Å². The molecule has 9 heteroatoms. The molecule has 2 heterocycles. The SMILES string of the molecule is OCC1(O)CN(c2cc(C(F)(F)F)nc3c(F)cc(Br)cc23)C1. The van der Waals surface area contributed by atoms with Gasteiger partial charge in [0.2, 0.25) is 0 Å². The minimum absolute atomic E-state index is 0.0476. The highest BCUT2D eigenvalue weighted by Crippen LogP contribution is 2.39. The van der Waals surface area contributed by atoms with Crippen LogP contribution in [-0.2, 0) is 6.18 Å². The Morgan fingerprint density at radius 2 is 1.91 bits per heavy atom. The number of β-amino-alcohol motifs (C(OH)–C–C–N with tert-alkyl or cyclic N) is 1. The number of halogens is 5. The van der Waals surface area contributed by atoms with Gasteiger partial charge in [-0.3, -0.25) is 0 Å². The number of aliphatic hydroxyl groups is 2. The molecule has 0 aliphatic carbocycles. The molecule has 124 valence electrons. The van der Waals surface area contributed by atoms with E-state index in [9.17, 15) is 22.7 Å². The summed E-state index contributed by atoms with van der Waals surface area (Å²) in [5.74, 6) is -0.875. The van der Waals surface area contributed by atoms with E-state index in [0.717, 1.165) is 12.1 Å². The molecule has 0 spiro atoms. The Labute approximate surface area is 136 Å². The van der Waals surface area contributed by atoms with Crippen LogP contribution in [0.2, 0.25) is 0 Å². The van der Waals surface area contributed by atoms with Crippen LogP contribution in [0.4, 0.5) is 23.2 Å². The fourth-order valence-corrected chi connectivity index (χ4v) is 3.01. The van der Waals surface area contributed by atoms with E-state index in [0.29, 0.717) is 4.47 Å². The number of anilines is 1. The average Bonchev–Trinajstić information content (AvgIpc) is 2.42. The lowest BCUT2D eigenvalue weighted by molar-refractivity contribution is -0.140. The second-order valence-corrected chi connectivity index (χ2v) is 6.46. The summed E-state index contributed by atoms with van der Waals surface area (Å²) >= 11 is 3.10. The van der Waals surface area contributed by atoms with Crippen LogP contribution < -0.4 is 4.90 Å². The van der Waals surface area contributed by atoms with Crippen LogP contribution in [0, 0.1) is 5.82 Å². The van der Waals surface area contributed by atoms with E-state index in [1.165, 1.54) is 11.0 Å². The Hall–Kier alpha value is -1.45. The van der Waals surface area contributed by atoms with Gasteiger partial charge in [-0.15, -0.1) is 0 Å². The number of rotatable bonds is 2. The molecule has 3 rings (SSSR count). The van der Waals surface area contributed by atoms with Crippen molar-refractivity contribution in [3.05, 3.63) is 34.2 Å². The molecule has 4 nitrogen and oxygen atoms in total. The molecule has 0 radical (unpaired) electrons. The first kappa shape index (κ1) is 16.4. The Bertz CT molecular complexity index is 775. The van der Waals surface area contributed by atoms with Crippen LogP contribution in [0.5, 0.6) is 0 Å². The highest BCUT2D eigenvalue weighted by Gasteiger charge is 2.42. The highest BCUT2D eigenvalue weighted by atomic mass is 79.9. The number of benzene rings is 1. The zero-order valence-electron chi connectivity index (χ0n) is 11.5. The number of aliphatic hydroxyl groups excluding tert-OH is 1. The molecule has 2 N–H and O–H groups in total. The molecule has 0 bridgehead atoms. The normalized spacial score (nSPS) is 17.4. The maximum atomic E-state index is 14.0. The summed E-state index contributed by atoms with van der Waals surface area (Å²) in [5, 5.41) is 19.1. The van der Waals surface area contributed by atoms with Gasteiger partial charge in [-0.05, 0) is 18.2 Å². The molecule has 0 unspecified atom stereocenters. The largest absolute Gasteiger partial charge is 0.433 e. The molecule has 1 aromatic heterocycles. The number of fused-ring (bicyclic) bond motifs is 1. The van der Waals surface area contributed by atoms with E-state index < -0.39 is 35.4 Å². The number of hydrogen-bond donors (Lipinski definition) is 2. The summed E-state index contributed by atoms with van der Waals surface area (Å²) < 4.78 is 53.4. The predicted octanol–water partition coefficient (Wildman–Crippen LogP) is 2.70. The van der Waals surface area contributed by atoms with E-state index in [1.54, 1.807) is 0 Å². The van der Waals surface area contributed by atoms with E-state index in [1.807, 2.05) is 0 Å². The first-order valence-electron chi connectivity index (χ1n) is 6.58. The monoisotopic (exact) mass is 394 g/mol. The number of alkyl halides is 3. The molecule has 1 aliphatic heterocycles. The van der Waals surface area contributed by atoms with Crippen LogP contribution >= 0.6 is 15.9 Å². The van der Waals surface area contributed by atoms with E-state index >= 15 is 0 Å². The molecule has 1 saturated heterocycles. The predicted molar refractivity (Wildman–Crippen MR) is 78.7 cm³/mol. The molecule has 23 heavy (non-hydrogen) atoms. The third kappa shape index (κ3) is 2.88. The zero-order chi connectivity index (χ0) is 17.0. The van der Waals surface area contributed by atoms with Gasteiger partial charge in [0.25, 0.3) is 0 Å². The van der Waals surface area contributed by atoms with Crippen LogP contribution in [0.25, 0.3) is 10.9 Å². The van der Waals surface area contributed by atoms with Crippen molar-refractivity contribution in [1.29, 1.82) is 0 Å². The number of pyridine rings is 1. The maximum Gasteiger partial charge on any atom is 0.433 e. The summed E-state index contributed by atoms with van der Waals surface area (Å²) in [6, 6.07) is 3.34. The fourth-order valence-electron chi connectivity index (χ4n) is 2.58. The molecule has 1 fully saturated rings. The van der Waals surface area contributed by atoms with Gasteiger partial charge >= 0.3 is 6.18 Å². The summed E-state index contributed by atoms with van der Waals surface area (Å²) in [6.45, 7) is -0.598. The Morgan fingerprint density at radius 1 is 1.26 bits per heavy atom. The van der Waals surface area contributed by atoms with E-state index in [4.69, 9.17) is 5.11 Å². The third-order valence-corrected chi connectivity index (χ3v) is 4.16. The Morgan fingerprint density at radius 3 is 2.48 bits per heavy atom. The van der Waals surface area contributed by atoms with Crippen LogP contribution in [0.1, 0.15) is 5.69 Å². The van der Waals surface area contributed by atoms with Gasteiger partial charge in [-0.2, -0.15) is 13.2 Å². The average molecular weight is 395 g/mol. The maximum absolute atomic E-state index is 14.0. The number of nitrogens with zero attached hydrogens (tertiary/aromatic N) is 2. The summed E-state index contributed by atoms with van der Waals surface area (Å²) in [6.07, 6.45) is -4.72.